The third kappa shape index (κ3) is 3.40. The maximum Gasteiger partial charge on any atom is 0.354 e. The number of pyridine rings is 1. The number of aromatic carboxylic acids is 1. The number of carbonyl (C=O) groups excluding carboxylic acids is 1. The lowest BCUT2D eigenvalue weighted by Crippen LogP contribution is -2.14. The highest BCUT2D eigenvalue weighted by Crippen LogP contribution is 2.27. The van der Waals surface area contributed by atoms with Crippen molar-refractivity contribution < 1.29 is 23.5 Å². The number of carboxylic acids is 1. The summed E-state index contributed by atoms with van der Waals surface area (Å²) in [5.41, 5.74) is -0.403. The SMILES string of the molecule is O=C(Nc1c(F)cc(F)cc1Br)c1ccc(C(=O)O)nc1. The second-order valence-electron chi connectivity index (χ2n) is 3.94. The molecule has 1 aromatic carbocycles. The Labute approximate surface area is 125 Å². The van der Waals surface area contributed by atoms with Crippen LogP contribution >= 0.6 is 15.9 Å². The van der Waals surface area contributed by atoms with Crippen LogP contribution in [0.15, 0.2) is 34.9 Å². The summed E-state index contributed by atoms with van der Waals surface area (Å²) in [5.74, 6) is -3.66. The van der Waals surface area contributed by atoms with E-state index in [9.17, 15) is 18.4 Å². The van der Waals surface area contributed by atoms with Gasteiger partial charge in [0.05, 0.1) is 11.3 Å². The van der Waals surface area contributed by atoms with Crippen molar-refractivity contribution in [2.45, 2.75) is 0 Å². The van der Waals surface area contributed by atoms with Crippen molar-refractivity contribution in [2.24, 2.45) is 0 Å². The smallest absolute Gasteiger partial charge is 0.354 e. The third-order valence-electron chi connectivity index (χ3n) is 2.49. The number of halogens is 3. The van der Waals surface area contributed by atoms with Crippen LogP contribution in [-0.4, -0.2) is 22.0 Å². The zero-order valence-corrected chi connectivity index (χ0v) is 11.8. The summed E-state index contributed by atoms with van der Waals surface area (Å²) in [6.07, 6.45) is 1.05. The number of nitrogens with zero attached hydrogens (tertiary/aromatic N) is 1. The molecule has 21 heavy (non-hydrogen) atoms. The van der Waals surface area contributed by atoms with E-state index in [1.54, 1.807) is 0 Å². The number of carboxylic acid groups (broad SMARTS) is 1. The minimum absolute atomic E-state index is 0.0376. The van der Waals surface area contributed by atoms with E-state index in [0.717, 1.165) is 18.3 Å². The molecule has 0 unspecified atom stereocenters. The van der Waals surface area contributed by atoms with Crippen LogP contribution in [0.3, 0.4) is 0 Å². The summed E-state index contributed by atoms with van der Waals surface area (Å²) < 4.78 is 26.6. The second kappa shape index (κ2) is 5.96. The Morgan fingerprint density at radius 2 is 1.95 bits per heavy atom. The summed E-state index contributed by atoms with van der Waals surface area (Å²) in [4.78, 5) is 26.1. The maximum absolute atomic E-state index is 13.6. The molecule has 108 valence electrons. The van der Waals surface area contributed by atoms with E-state index in [4.69, 9.17) is 5.11 Å². The van der Waals surface area contributed by atoms with Crippen LogP contribution in [0.25, 0.3) is 0 Å². The van der Waals surface area contributed by atoms with Crippen LogP contribution in [0.2, 0.25) is 0 Å². The quantitative estimate of drug-likeness (QED) is 0.885. The molecular weight excluding hydrogens is 350 g/mol. The lowest BCUT2D eigenvalue weighted by molar-refractivity contribution is 0.0690. The molecule has 5 nitrogen and oxygen atoms in total. The molecule has 0 saturated heterocycles. The van der Waals surface area contributed by atoms with Crippen LogP contribution in [0, 0.1) is 11.6 Å². The van der Waals surface area contributed by atoms with E-state index in [1.807, 2.05) is 0 Å². The van der Waals surface area contributed by atoms with Gasteiger partial charge in [-0.3, -0.25) is 4.79 Å². The number of anilines is 1. The largest absolute Gasteiger partial charge is 0.477 e. The van der Waals surface area contributed by atoms with Gasteiger partial charge in [-0.25, -0.2) is 18.6 Å². The average Bonchev–Trinajstić information content (AvgIpc) is 2.42. The Morgan fingerprint density at radius 1 is 1.24 bits per heavy atom. The zero-order chi connectivity index (χ0) is 15.6. The summed E-state index contributed by atoms with van der Waals surface area (Å²) >= 11 is 2.94. The van der Waals surface area contributed by atoms with E-state index in [1.165, 1.54) is 6.07 Å². The number of rotatable bonds is 3. The van der Waals surface area contributed by atoms with Crippen LogP contribution in [0.4, 0.5) is 14.5 Å². The highest BCUT2D eigenvalue weighted by molar-refractivity contribution is 9.10. The van der Waals surface area contributed by atoms with Gasteiger partial charge >= 0.3 is 5.97 Å². The van der Waals surface area contributed by atoms with Gasteiger partial charge in [-0.1, -0.05) is 0 Å². The molecule has 8 heteroatoms. The molecule has 0 fully saturated rings. The fraction of sp³-hybridized carbons (Fsp3) is 0. The number of hydrogen-bond donors (Lipinski definition) is 2. The molecule has 0 aliphatic carbocycles. The molecule has 2 aromatic rings. The Hall–Kier alpha value is -2.35. The van der Waals surface area contributed by atoms with Gasteiger partial charge in [0.1, 0.15) is 11.5 Å². The van der Waals surface area contributed by atoms with E-state index in [2.05, 4.69) is 26.2 Å². The first-order valence-electron chi connectivity index (χ1n) is 5.53. The van der Waals surface area contributed by atoms with Gasteiger partial charge < -0.3 is 10.4 Å². The molecule has 0 aliphatic rings. The molecule has 0 saturated carbocycles. The molecule has 2 N–H and O–H groups in total. The molecule has 0 atom stereocenters. The van der Waals surface area contributed by atoms with Crippen molar-refractivity contribution in [2.75, 3.05) is 5.32 Å². The van der Waals surface area contributed by atoms with Crippen molar-refractivity contribution in [3.05, 3.63) is 57.8 Å². The Bertz CT molecular complexity index is 697. The lowest BCUT2D eigenvalue weighted by atomic mass is 10.2. The lowest BCUT2D eigenvalue weighted by Gasteiger charge is -2.08. The maximum atomic E-state index is 13.6. The minimum atomic E-state index is -1.23. The van der Waals surface area contributed by atoms with E-state index in [-0.39, 0.29) is 21.4 Å². The summed E-state index contributed by atoms with van der Waals surface area (Å²) in [6, 6.07) is 4.02. The number of hydrogen-bond acceptors (Lipinski definition) is 3. The molecule has 0 radical (unpaired) electrons. The molecule has 1 heterocycles. The first kappa shape index (κ1) is 15.0. The van der Waals surface area contributed by atoms with Crippen LogP contribution < -0.4 is 5.32 Å². The zero-order valence-electron chi connectivity index (χ0n) is 10.2. The fourth-order valence-corrected chi connectivity index (χ4v) is 2.01. The summed E-state index contributed by atoms with van der Waals surface area (Å²) in [5, 5.41) is 10.9. The summed E-state index contributed by atoms with van der Waals surface area (Å²) in [7, 11) is 0. The second-order valence-corrected chi connectivity index (χ2v) is 4.79. The predicted molar refractivity (Wildman–Crippen MR) is 73.2 cm³/mol. The van der Waals surface area contributed by atoms with Gasteiger partial charge in [-0.2, -0.15) is 0 Å². The molecule has 1 aromatic heterocycles. The van der Waals surface area contributed by atoms with Crippen LogP contribution in [-0.2, 0) is 0 Å². The Balaban J connectivity index is 2.24. The van der Waals surface area contributed by atoms with E-state index >= 15 is 0 Å². The number of benzene rings is 1. The van der Waals surface area contributed by atoms with Crippen molar-refractivity contribution >= 4 is 33.5 Å². The Morgan fingerprint density at radius 3 is 2.48 bits per heavy atom. The van der Waals surface area contributed by atoms with Gasteiger partial charge in [0, 0.05) is 16.7 Å². The minimum Gasteiger partial charge on any atom is -0.477 e. The van der Waals surface area contributed by atoms with E-state index < -0.39 is 23.5 Å². The van der Waals surface area contributed by atoms with Crippen molar-refractivity contribution in [1.82, 2.24) is 4.98 Å². The first-order valence-corrected chi connectivity index (χ1v) is 6.33. The highest BCUT2D eigenvalue weighted by atomic mass is 79.9. The number of nitrogens with one attached hydrogen (secondary N) is 1. The number of amides is 1. The molecular formula is C13H7BrF2N2O3. The van der Waals surface area contributed by atoms with Gasteiger partial charge in [0.2, 0.25) is 0 Å². The predicted octanol–water partition coefficient (Wildman–Crippen LogP) is 3.07. The van der Waals surface area contributed by atoms with Crippen LogP contribution in [0.5, 0.6) is 0 Å². The van der Waals surface area contributed by atoms with Crippen LogP contribution in [0.1, 0.15) is 20.8 Å². The van der Waals surface area contributed by atoms with Gasteiger partial charge in [0.25, 0.3) is 5.91 Å². The highest BCUT2D eigenvalue weighted by Gasteiger charge is 2.15. The fourth-order valence-electron chi connectivity index (χ4n) is 1.50. The molecule has 1 amide bonds. The van der Waals surface area contributed by atoms with Gasteiger partial charge in [-0.05, 0) is 34.1 Å². The van der Waals surface area contributed by atoms with E-state index in [0.29, 0.717) is 6.07 Å². The molecule has 2 rings (SSSR count). The molecule has 0 aliphatic heterocycles. The average molecular weight is 357 g/mol. The van der Waals surface area contributed by atoms with Crippen molar-refractivity contribution in [3.63, 3.8) is 0 Å². The van der Waals surface area contributed by atoms with Crippen molar-refractivity contribution in [3.8, 4) is 0 Å². The standard InChI is InChI=1S/C13H7BrF2N2O3/c14-8-3-7(15)4-9(16)11(8)18-12(19)6-1-2-10(13(20)21)17-5-6/h1-5H,(H,18,19)(H,20,21). The monoisotopic (exact) mass is 356 g/mol. The Kier molecular flexibility index (Phi) is 4.27. The first-order chi connectivity index (χ1) is 9.88. The number of aromatic nitrogens is 1. The topological polar surface area (TPSA) is 79.3 Å². The normalized spacial score (nSPS) is 10.2. The van der Waals surface area contributed by atoms with Gasteiger partial charge in [-0.15, -0.1) is 0 Å². The van der Waals surface area contributed by atoms with Gasteiger partial charge in [0.15, 0.2) is 5.82 Å². The summed E-state index contributed by atoms with van der Waals surface area (Å²) in [6.45, 7) is 0. The number of carbonyl (C=O) groups is 2. The molecule has 0 bridgehead atoms. The molecule has 0 spiro atoms. The third-order valence-corrected chi connectivity index (χ3v) is 3.12. The van der Waals surface area contributed by atoms with Crippen molar-refractivity contribution in [1.29, 1.82) is 0 Å².